The lowest BCUT2D eigenvalue weighted by atomic mass is 10.2. The van der Waals surface area contributed by atoms with Gasteiger partial charge < -0.3 is 25.4 Å². The van der Waals surface area contributed by atoms with Gasteiger partial charge in [-0.25, -0.2) is 4.79 Å². The van der Waals surface area contributed by atoms with Crippen LogP contribution in [-0.4, -0.2) is 81.4 Å². The minimum Gasteiger partial charge on any atom is -0.379 e. The normalized spacial score (nSPS) is 20.1. The van der Waals surface area contributed by atoms with E-state index in [1.54, 1.807) is 0 Å². The van der Waals surface area contributed by atoms with Crippen LogP contribution >= 0.6 is 24.0 Å². The molecular formula is C16H30IN5O4. The number of halogens is 1. The topological polar surface area (TPSA) is 104 Å². The van der Waals surface area contributed by atoms with E-state index in [1.807, 2.05) is 6.92 Å². The molecule has 0 aromatic rings. The molecule has 9 nitrogen and oxygen atoms in total. The summed E-state index contributed by atoms with van der Waals surface area (Å²) in [5.74, 6) is 0.478. The van der Waals surface area contributed by atoms with Crippen LogP contribution in [0.5, 0.6) is 0 Å². The number of rotatable bonds is 10. The minimum absolute atomic E-state index is 0. The van der Waals surface area contributed by atoms with Gasteiger partial charge in [0.25, 0.3) is 0 Å². The lowest BCUT2D eigenvalue weighted by Gasteiger charge is -2.15. The summed E-state index contributed by atoms with van der Waals surface area (Å²) in [5.41, 5.74) is 0. The van der Waals surface area contributed by atoms with Gasteiger partial charge in [-0.05, 0) is 26.2 Å². The third-order valence-corrected chi connectivity index (χ3v) is 3.95. The molecule has 0 saturated carbocycles. The van der Waals surface area contributed by atoms with Gasteiger partial charge in [-0.2, -0.15) is 0 Å². The van der Waals surface area contributed by atoms with Crippen LogP contribution in [0.2, 0.25) is 0 Å². The molecule has 2 fully saturated rings. The van der Waals surface area contributed by atoms with Crippen molar-refractivity contribution < 1.29 is 19.1 Å². The lowest BCUT2D eigenvalue weighted by molar-refractivity contribution is -0.124. The molecular weight excluding hydrogens is 453 g/mol. The first-order valence-corrected chi connectivity index (χ1v) is 9.00. The molecule has 0 bridgehead atoms. The first-order valence-electron chi connectivity index (χ1n) is 9.00. The van der Waals surface area contributed by atoms with E-state index in [2.05, 4.69) is 20.9 Å². The molecule has 2 rings (SSSR count). The van der Waals surface area contributed by atoms with Crippen molar-refractivity contribution in [3.8, 4) is 0 Å². The molecule has 2 heterocycles. The van der Waals surface area contributed by atoms with Gasteiger partial charge in [0, 0.05) is 39.4 Å². The van der Waals surface area contributed by atoms with Gasteiger partial charge in [0.1, 0.15) is 0 Å². The highest BCUT2D eigenvalue weighted by Crippen LogP contribution is 2.11. The number of hydrogen-bond acceptors (Lipinski definition) is 5. The van der Waals surface area contributed by atoms with Crippen molar-refractivity contribution in [2.75, 3.05) is 52.5 Å². The van der Waals surface area contributed by atoms with Crippen molar-refractivity contribution >= 4 is 41.9 Å². The summed E-state index contributed by atoms with van der Waals surface area (Å²) in [4.78, 5) is 28.6. The Morgan fingerprint density at radius 3 is 2.92 bits per heavy atom. The summed E-state index contributed by atoms with van der Waals surface area (Å²) >= 11 is 0. The van der Waals surface area contributed by atoms with E-state index >= 15 is 0 Å². The number of nitrogens with one attached hydrogen (secondary N) is 3. The molecule has 1 atom stereocenters. The highest BCUT2D eigenvalue weighted by Gasteiger charge is 2.27. The smallest absolute Gasteiger partial charge is 0.324 e. The van der Waals surface area contributed by atoms with E-state index in [4.69, 9.17) is 9.47 Å². The zero-order valence-electron chi connectivity index (χ0n) is 15.3. The molecule has 1 unspecified atom stereocenters. The van der Waals surface area contributed by atoms with Crippen LogP contribution in [0, 0.1) is 0 Å². The molecule has 2 aliphatic heterocycles. The predicted molar refractivity (Wildman–Crippen MR) is 109 cm³/mol. The second-order valence-corrected chi connectivity index (χ2v) is 5.96. The van der Waals surface area contributed by atoms with Crippen LogP contribution in [0.15, 0.2) is 4.99 Å². The fourth-order valence-electron chi connectivity index (χ4n) is 2.66. The Hall–Kier alpha value is -1.14. The third-order valence-electron chi connectivity index (χ3n) is 3.95. The quantitative estimate of drug-likeness (QED) is 0.136. The van der Waals surface area contributed by atoms with Crippen molar-refractivity contribution in [2.45, 2.75) is 32.3 Å². The molecule has 2 saturated heterocycles. The van der Waals surface area contributed by atoms with Gasteiger partial charge in [-0.1, -0.05) is 0 Å². The van der Waals surface area contributed by atoms with Gasteiger partial charge in [0.15, 0.2) is 5.96 Å². The van der Waals surface area contributed by atoms with E-state index in [-0.39, 0.29) is 48.6 Å². The number of imide groups is 1. The SMILES string of the molecule is CCNC(=NCCCOCC1CCCO1)NCCN1C(=O)CNC1=O.I. The number of hydrogen-bond donors (Lipinski definition) is 3. The van der Waals surface area contributed by atoms with Crippen LogP contribution in [0.3, 0.4) is 0 Å². The van der Waals surface area contributed by atoms with E-state index < -0.39 is 0 Å². The number of amides is 3. The Labute approximate surface area is 171 Å². The zero-order valence-corrected chi connectivity index (χ0v) is 17.6. The van der Waals surface area contributed by atoms with Crippen molar-refractivity contribution in [3.63, 3.8) is 0 Å². The lowest BCUT2D eigenvalue weighted by Crippen LogP contribution is -2.43. The summed E-state index contributed by atoms with van der Waals surface area (Å²) < 4.78 is 11.1. The maximum Gasteiger partial charge on any atom is 0.324 e. The first-order chi connectivity index (χ1) is 12.2. The second kappa shape index (κ2) is 13.1. The Kier molecular flexibility index (Phi) is 11.5. The summed E-state index contributed by atoms with van der Waals surface area (Å²) in [7, 11) is 0. The zero-order chi connectivity index (χ0) is 17.9. The number of ether oxygens (including phenoxy) is 2. The maximum absolute atomic E-state index is 11.5. The highest BCUT2D eigenvalue weighted by molar-refractivity contribution is 14.0. The van der Waals surface area contributed by atoms with Crippen molar-refractivity contribution in [3.05, 3.63) is 0 Å². The van der Waals surface area contributed by atoms with Gasteiger partial charge in [-0.15, -0.1) is 24.0 Å². The van der Waals surface area contributed by atoms with Gasteiger partial charge in [0.05, 0.1) is 19.3 Å². The Morgan fingerprint density at radius 1 is 1.42 bits per heavy atom. The average molecular weight is 483 g/mol. The molecule has 3 amide bonds. The average Bonchev–Trinajstić information content (AvgIpc) is 3.22. The number of carbonyl (C=O) groups is 2. The van der Waals surface area contributed by atoms with Crippen molar-refractivity contribution in [1.82, 2.24) is 20.9 Å². The molecule has 3 N–H and O–H groups in total. The largest absolute Gasteiger partial charge is 0.379 e. The van der Waals surface area contributed by atoms with E-state index in [9.17, 15) is 9.59 Å². The summed E-state index contributed by atoms with van der Waals surface area (Å²) in [5, 5.41) is 8.77. The fraction of sp³-hybridized carbons (Fsp3) is 0.812. The van der Waals surface area contributed by atoms with E-state index in [0.29, 0.717) is 38.8 Å². The monoisotopic (exact) mass is 483 g/mol. The van der Waals surface area contributed by atoms with Crippen molar-refractivity contribution in [2.24, 2.45) is 4.99 Å². The van der Waals surface area contributed by atoms with Crippen LogP contribution in [0.25, 0.3) is 0 Å². The van der Waals surface area contributed by atoms with Crippen LogP contribution in [-0.2, 0) is 14.3 Å². The van der Waals surface area contributed by atoms with Crippen LogP contribution < -0.4 is 16.0 Å². The number of guanidine groups is 1. The van der Waals surface area contributed by atoms with Gasteiger partial charge in [-0.3, -0.25) is 14.7 Å². The summed E-state index contributed by atoms with van der Waals surface area (Å²) in [6.45, 7) is 6.40. The predicted octanol–water partition coefficient (Wildman–Crippen LogP) is 0.297. The molecule has 2 aliphatic rings. The fourth-order valence-corrected chi connectivity index (χ4v) is 2.66. The van der Waals surface area contributed by atoms with Crippen LogP contribution in [0.1, 0.15) is 26.2 Å². The first kappa shape index (κ1) is 22.9. The maximum atomic E-state index is 11.5. The minimum atomic E-state index is -0.336. The number of carbonyl (C=O) groups excluding carboxylic acids is 2. The summed E-state index contributed by atoms with van der Waals surface area (Å²) in [6, 6.07) is -0.336. The van der Waals surface area contributed by atoms with Gasteiger partial charge in [0.2, 0.25) is 5.91 Å². The molecule has 0 spiro atoms. The van der Waals surface area contributed by atoms with Gasteiger partial charge >= 0.3 is 6.03 Å². The molecule has 0 aromatic heterocycles. The third kappa shape index (κ3) is 8.04. The molecule has 0 aromatic carbocycles. The second-order valence-electron chi connectivity index (χ2n) is 5.96. The molecule has 0 aliphatic carbocycles. The summed E-state index contributed by atoms with van der Waals surface area (Å²) in [6.07, 6.45) is 3.30. The van der Waals surface area contributed by atoms with Crippen LogP contribution in [0.4, 0.5) is 4.79 Å². The number of nitrogens with zero attached hydrogens (tertiary/aromatic N) is 2. The van der Waals surface area contributed by atoms with E-state index in [0.717, 1.165) is 32.4 Å². The molecule has 10 heteroatoms. The van der Waals surface area contributed by atoms with Crippen molar-refractivity contribution in [1.29, 1.82) is 0 Å². The Morgan fingerprint density at radius 2 is 2.27 bits per heavy atom. The molecule has 150 valence electrons. The number of urea groups is 1. The Bertz CT molecular complexity index is 456. The Balaban J connectivity index is 0.00000338. The molecule has 0 radical (unpaired) electrons. The molecule has 26 heavy (non-hydrogen) atoms. The number of aliphatic imine (C=N–C) groups is 1. The standard InChI is InChI=1S/C16H29N5O4.HI/c1-2-17-15(19-7-8-21-14(22)11-20-16(21)23)18-6-4-9-24-12-13-5-3-10-25-13;/h13H,2-12H2,1H3,(H,20,23)(H2,17,18,19);1H. The van der Waals surface area contributed by atoms with E-state index in [1.165, 1.54) is 4.90 Å². The highest BCUT2D eigenvalue weighted by atomic mass is 127.